The van der Waals surface area contributed by atoms with Crippen LogP contribution in [0.5, 0.6) is 0 Å². The summed E-state index contributed by atoms with van der Waals surface area (Å²) in [6.07, 6.45) is 22.4. The fraction of sp³-hybridized carbons (Fsp3) is 0.128. The second kappa shape index (κ2) is 13.2. The summed E-state index contributed by atoms with van der Waals surface area (Å²) in [5.41, 5.74) is 9.87. The molecule has 0 spiro atoms. The molecule has 8 rings (SSSR count). The Balaban J connectivity index is 1.60. The first kappa shape index (κ1) is 31.9. The van der Waals surface area contributed by atoms with Crippen LogP contribution in [0, 0.1) is 0 Å². The first-order chi connectivity index (χ1) is 24.5. The fourth-order valence-electron chi connectivity index (χ4n) is 7.73. The average molecular weight is 668 g/mol. The van der Waals surface area contributed by atoms with E-state index >= 15 is 0 Å². The zero-order valence-corrected chi connectivity index (χ0v) is 30.1. The highest BCUT2D eigenvalue weighted by Gasteiger charge is 2.36. The topological polar surface area (TPSA) is 6.25 Å². The van der Waals surface area contributed by atoms with E-state index in [1.165, 1.54) is 59.5 Å². The van der Waals surface area contributed by atoms with E-state index < -0.39 is 10.0 Å². The number of nitrogens with zero attached hydrogens (tertiary/aromatic N) is 2. The van der Waals surface area contributed by atoms with Crippen LogP contribution in [0.25, 0.3) is 32.7 Å². The van der Waals surface area contributed by atoms with E-state index in [2.05, 4.69) is 200 Å². The van der Waals surface area contributed by atoms with Gasteiger partial charge in [-0.1, -0.05) is 110 Å². The molecule has 0 unspecified atom stereocenters. The third-order valence-electron chi connectivity index (χ3n) is 10.0. The highest BCUT2D eigenvalue weighted by atomic mass is 32.3. The van der Waals surface area contributed by atoms with Crippen LogP contribution in [0.2, 0.25) is 0 Å². The van der Waals surface area contributed by atoms with Gasteiger partial charge in [-0.05, 0) is 79.5 Å². The molecule has 3 heteroatoms. The Kier molecular flexibility index (Phi) is 8.38. The molecule has 0 atom stereocenters. The van der Waals surface area contributed by atoms with Gasteiger partial charge in [0.1, 0.15) is 0 Å². The number of anilines is 2. The van der Waals surface area contributed by atoms with Crippen LogP contribution < -0.4 is 9.48 Å². The molecule has 2 aliphatic rings. The van der Waals surface area contributed by atoms with Crippen LogP contribution in [0.15, 0.2) is 179 Å². The lowest BCUT2D eigenvalue weighted by Gasteiger charge is -2.31. The molecule has 50 heavy (non-hydrogen) atoms. The lowest BCUT2D eigenvalue weighted by atomic mass is 9.93. The van der Waals surface area contributed by atoms with Gasteiger partial charge in [0.25, 0.3) is 0 Å². The normalized spacial score (nSPS) is 16.5. The Morgan fingerprint density at radius 3 is 2.14 bits per heavy atom. The van der Waals surface area contributed by atoms with Crippen LogP contribution in [0.1, 0.15) is 26.7 Å². The molecule has 1 aliphatic heterocycles. The van der Waals surface area contributed by atoms with Crippen LogP contribution in [0.3, 0.4) is 0 Å². The molecule has 1 aliphatic carbocycles. The molecule has 0 saturated carbocycles. The van der Waals surface area contributed by atoms with Crippen molar-refractivity contribution in [3.05, 3.63) is 170 Å². The molecule has 0 aromatic heterocycles. The second-order valence-electron chi connectivity index (χ2n) is 13.3. The molecular weight excluding hydrogens is 625 g/mol. The molecule has 0 amide bonds. The van der Waals surface area contributed by atoms with Gasteiger partial charge in [-0.25, -0.2) is 0 Å². The summed E-state index contributed by atoms with van der Waals surface area (Å²) in [6.45, 7) is 4.35. The SMILES string of the molecule is CC=C(C=CCC)N(c1ccccc1)c1c2ccccc2c([N+](=C2C=CC=CC2)c2ccccc2)c2cc3c(cc12)-c1ccccc1S3(C)C. The first-order valence-corrected chi connectivity index (χ1v) is 20.1. The van der Waals surface area contributed by atoms with Gasteiger partial charge in [-0.15, -0.1) is 0 Å². The number of hydrogen-bond donors (Lipinski definition) is 0. The van der Waals surface area contributed by atoms with Crippen molar-refractivity contribution in [2.75, 3.05) is 17.4 Å². The number of fused-ring (bicyclic) bond motifs is 5. The maximum absolute atomic E-state index is 2.56. The van der Waals surface area contributed by atoms with E-state index in [1.54, 1.807) is 0 Å². The molecule has 0 fully saturated rings. The molecule has 0 bridgehead atoms. The molecule has 0 saturated heterocycles. The van der Waals surface area contributed by atoms with E-state index in [9.17, 15) is 0 Å². The highest BCUT2D eigenvalue weighted by Crippen LogP contribution is 2.68. The molecule has 2 nitrogen and oxygen atoms in total. The highest BCUT2D eigenvalue weighted by molar-refractivity contribution is 8.33. The van der Waals surface area contributed by atoms with Crippen LogP contribution >= 0.6 is 10.0 Å². The predicted octanol–water partition coefficient (Wildman–Crippen LogP) is 13.3. The Hall–Kier alpha value is -5.38. The smallest absolute Gasteiger partial charge is 0.227 e. The zero-order valence-electron chi connectivity index (χ0n) is 29.3. The molecule has 246 valence electrons. The Labute approximate surface area is 298 Å². The van der Waals surface area contributed by atoms with Crippen molar-refractivity contribution >= 4 is 60.0 Å². The van der Waals surface area contributed by atoms with Crippen molar-refractivity contribution in [3.8, 4) is 11.1 Å². The van der Waals surface area contributed by atoms with Crippen LogP contribution in [0.4, 0.5) is 22.7 Å². The summed E-state index contributed by atoms with van der Waals surface area (Å²) in [6, 6.07) is 45.0. The molecule has 6 aromatic rings. The number of hydrogen-bond acceptors (Lipinski definition) is 1. The average Bonchev–Trinajstić information content (AvgIpc) is 3.39. The van der Waals surface area contributed by atoms with Gasteiger partial charge in [0.05, 0.1) is 22.9 Å². The summed E-state index contributed by atoms with van der Waals surface area (Å²) in [5, 5.41) is 4.96. The Morgan fingerprint density at radius 1 is 0.720 bits per heavy atom. The summed E-state index contributed by atoms with van der Waals surface area (Å²) in [4.78, 5) is 5.40. The van der Waals surface area contributed by atoms with Crippen molar-refractivity contribution in [2.45, 2.75) is 36.5 Å². The predicted molar refractivity (Wildman–Crippen MR) is 220 cm³/mol. The zero-order chi connectivity index (χ0) is 34.2. The number of allylic oxidation sites excluding steroid dienone is 7. The van der Waals surface area contributed by atoms with Crippen molar-refractivity contribution in [3.63, 3.8) is 0 Å². The third kappa shape index (κ3) is 5.25. The molecule has 0 radical (unpaired) electrons. The van der Waals surface area contributed by atoms with Crippen LogP contribution in [-0.2, 0) is 0 Å². The standard InChI is InChI=1S/C47H43N2S/c1-5-7-21-34(6-2)48(35-22-11-8-12-23-35)46-39-29-17-18-30-40(39)47(49(36-24-13-9-14-25-36)37-26-15-10-16-27-37)43-33-45-41(32-42(43)46)38-28-19-20-31-44(38)50(45,3)4/h6-26,28-33H,5,27H2,1-4H3/q+1. The Morgan fingerprint density at radius 2 is 1.42 bits per heavy atom. The van der Waals surface area contributed by atoms with E-state index in [0.717, 1.165) is 29.9 Å². The lowest BCUT2D eigenvalue weighted by molar-refractivity contribution is 1.08. The van der Waals surface area contributed by atoms with Crippen molar-refractivity contribution in [1.29, 1.82) is 0 Å². The number of benzene rings is 6. The van der Waals surface area contributed by atoms with E-state index in [4.69, 9.17) is 0 Å². The van der Waals surface area contributed by atoms with E-state index in [-0.39, 0.29) is 0 Å². The van der Waals surface area contributed by atoms with Crippen molar-refractivity contribution < 1.29 is 0 Å². The second-order valence-corrected chi connectivity index (χ2v) is 16.8. The van der Waals surface area contributed by atoms with Gasteiger partial charge in [-0.2, -0.15) is 14.6 Å². The maximum Gasteiger partial charge on any atom is 0.227 e. The van der Waals surface area contributed by atoms with Crippen molar-refractivity contribution in [2.24, 2.45) is 0 Å². The summed E-state index contributed by atoms with van der Waals surface area (Å²) >= 11 is 0. The van der Waals surface area contributed by atoms with Gasteiger partial charge in [0.2, 0.25) is 11.4 Å². The van der Waals surface area contributed by atoms with Gasteiger partial charge < -0.3 is 4.90 Å². The van der Waals surface area contributed by atoms with Crippen LogP contribution in [-0.4, -0.2) is 18.2 Å². The number of rotatable bonds is 7. The van der Waals surface area contributed by atoms with Gasteiger partial charge >= 0.3 is 0 Å². The summed E-state index contributed by atoms with van der Waals surface area (Å²) < 4.78 is 2.52. The summed E-state index contributed by atoms with van der Waals surface area (Å²) in [7, 11) is -1.25. The number of para-hydroxylation sites is 2. The lowest BCUT2D eigenvalue weighted by Crippen LogP contribution is -2.19. The minimum absolute atomic E-state index is 0.858. The van der Waals surface area contributed by atoms with Gasteiger partial charge in [-0.3, -0.25) is 0 Å². The maximum atomic E-state index is 2.56. The molecule has 1 heterocycles. The summed E-state index contributed by atoms with van der Waals surface area (Å²) in [5.74, 6) is 0. The van der Waals surface area contributed by atoms with Gasteiger partial charge in [0.15, 0.2) is 5.71 Å². The largest absolute Gasteiger partial charge is 0.310 e. The first-order valence-electron chi connectivity index (χ1n) is 17.6. The van der Waals surface area contributed by atoms with Crippen molar-refractivity contribution in [1.82, 2.24) is 4.58 Å². The quantitative estimate of drug-likeness (QED) is 0.0933. The molecule has 0 N–H and O–H groups in total. The van der Waals surface area contributed by atoms with E-state index in [0.29, 0.717) is 0 Å². The minimum Gasteiger partial charge on any atom is -0.310 e. The molecule has 6 aromatic carbocycles. The Bertz CT molecular complexity index is 2410. The third-order valence-corrected chi connectivity index (χ3v) is 12.9. The monoisotopic (exact) mass is 667 g/mol. The van der Waals surface area contributed by atoms with Gasteiger partial charge in [0, 0.05) is 50.2 Å². The molecular formula is C47H43N2S+. The van der Waals surface area contributed by atoms with E-state index in [1.807, 2.05) is 0 Å². The fourth-order valence-corrected chi connectivity index (χ4v) is 10.2. The minimum atomic E-state index is -1.25.